The molecule has 0 aromatic heterocycles. The highest BCUT2D eigenvalue weighted by Crippen LogP contribution is 2.12. The van der Waals surface area contributed by atoms with Crippen molar-refractivity contribution in [2.45, 2.75) is 104 Å². The molecule has 0 heterocycles. The third-order valence-electron chi connectivity index (χ3n) is 3.76. The van der Waals surface area contributed by atoms with E-state index in [9.17, 15) is 9.59 Å². The van der Waals surface area contributed by atoms with E-state index in [4.69, 9.17) is 0 Å². The number of carbonyl (C=O) groups excluding carboxylic acids is 2. The van der Waals surface area contributed by atoms with Crippen LogP contribution in [0.15, 0.2) is 0 Å². The van der Waals surface area contributed by atoms with Crippen LogP contribution in [-0.2, 0) is 9.59 Å². The summed E-state index contributed by atoms with van der Waals surface area (Å²) in [5, 5.41) is 0. The van der Waals surface area contributed by atoms with Crippen LogP contribution in [0.4, 0.5) is 0 Å². The lowest BCUT2D eigenvalue weighted by Gasteiger charge is -2.02. The molecule has 0 N–H and O–H groups in total. The van der Waals surface area contributed by atoms with Crippen LogP contribution in [0.3, 0.4) is 0 Å². The molecule has 0 aliphatic heterocycles. The van der Waals surface area contributed by atoms with Crippen LogP contribution < -0.4 is 0 Å². The number of Topliss-reactive ketones (excluding diaryl/α,β-unsaturated/α-hetero) is 2. The summed E-state index contributed by atoms with van der Waals surface area (Å²) in [5.74, 6) is 0.764. The van der Waals surface area contributed by atoms with Gasteiger partial charge in [0.1, 0.15) is 11.6 Å². The predicted octanol–water partition coefficient (Wildman–Crippen LogP) is 5.63. The Morgan fingerprint density at radius 3 is 1.40 bits per heavy atom. The zero-order valence-corrected chi connectivity index (χ0v) is 13.7. The van der Waals surface area contributed by atoms with Gasteiger partial charge in [0.15, 0.2) is 0 Å². The summed E-state index contributed by atoms with van der Waals surface area (Å²) in [5.41, 5.74) is 0. The fourth-order valence-electron chi connectivity index (χ4n) is 2.51. The quantitative estimate of drug-likeness (QED) is 0.365. The van der Waals surface area contributed by atoms with Gasteiger partial charge in [-0.25, -0.2) is 0 Å². The van der Waals surface area contributed by atoms with Gasteiger partial charge in [-0.15, -0.1) is 0 Å². The Labute approximate surface area is 125 Å². The Morgan fingerprint density at radius 1 is 0.600 bits per heavy atom. The lowest BCUT2D eigenvalue weighted by molar-refractivity contribution is -0.119. The standard InChI is InChI=1S/C18H34O2/c1-3-14-18(20)16-13-11-9-7-5-4-6-8-10-12-15-17(2)19/h3-16H2,1-2H3. The van der Waals surface area contributed by atoms with Gasteiger partial charge in [-0.1, -0.05) is 58.3 Å². The van der Waals surface area contributed by atoms with E-state index in [1.807, 2.05) is 0 Å². The summed E-state index contributed by atoms with van der Waals surface area (Å²) in [7, 11) is 0. The van der Waals surface area contributed by atoms with Crippen LogP contribution in [0.2, 0.25) is 0 Å². The first kappa shape index (κ1) is 19.3. The van der Waals surface area contributed by atoms with Gasteiger partial charge >= 0.3 is 0 Å². The van der Waals surface area contributed by atoms with Crippen molar-refractivity contribution in [3.63, 3.8) is 0 Å². The maximum atomic E-state index is 11.3. The summed E-state index contributed by atoms with van der Waals surface area (Å²) in [6, 6.07) is 0. The van der Waals surface area contributed by atoms with Crippen molar-refractivity contribution in [1.82, 2.24) is 0 Å². The molecule has 0 bridgehead atoms. The molecule has 20 heavy (non-hydrogen) atoms. The average Bonchev–Trinajstić information content (AvgIpc) is 2.40. The molecule has 0 amide bonds. The number of rotatable bonds is 15. The lowest BCUT2D eigenvalue weighted by Crippen LogP contribution is -1.96. The molecule has 0 fully saturated rings. The highest BCUT2D eigenvalue weighted by molar-refractivity contribution is 5.78. The second kappa shape index (κ2) is 14.7. The van der Waals surface area contributed by atoms with E-state index < -0.39 is 0 Å². The molecule has 0 aliphatic rings. The first-order valence-corrected chi connectivity index (χ1v) is 8.68. The van der Waals surface area contributed by atoms with Crippen molar-refractivity contribution in [3.8, 4) is 0 Å². The van der Waals surface area contributed by atoms with Crippen molar-refractivity contribution < 1.29 is 9.59 Å². The smallest absolute Gasteiger partial charge is 0.132 e. The van der Waals surface area contributed by atoms with Crippen LogP contribution in [0.1, 0.15) is 104 Å². The Bertz CT molecular complexity index is 246. The van der Waals surface area contributed by atoms with E-state index in [0.717, 1.165) is 38.5 Å². The van der Waals surface area contributed by atoms with Crippen molar-refractivity contribution >= 4 is 11.6 Å². The molecule has 2 nitrogen and oxygen atoms in total. The molecule has 2 heteroatoms. The molecule has 0 saturated heterocycles. The highest BCUT2D eigenvalue weighted by atomic mass is 16.1. The molecular formula is C18H34O2. The highest BCUT2D eigenvalue weighted by Gasteiger charge is 1.99. The van der Waals surface area contributed by atoms with Gasteiger partial charge in [0.25, 0.3) is 0 Å². The minimum Gasteiger partial charge on any atom is -0.300 e. The molecule has 0 radical (unpaired) electrons. The van der Waals surface area contributed by atoms with Crippen LogP contribution in [-0.4, -0.2) is 11.6 Å². The van der Waals surface area contributed by atoms with Gasteiger partial charge in [-0.3, -0.25) is 4.79 Å². The molecule has 0 aromatic rings. The fourth-order valence-corrected chi connectivity index (χ4v) is 2.51. The van der Waals surface area contributed by atoms with E-state index in [1.54, 1.807) is 6.92 Å². The molecule has 0 unspecified atom stereocenters. The Balaban J connectivity index is 3.06. The summed E-state index contributed by atoms with van der Waals surface area (Å²) in [6.45, 7) is 3.74. The Kier molecular flexibility index (Phi) is 14.3. The monoisotopic (exact) mass is 282 g/mol. The van der Waals surface area contributed by atoms with Gasteiger partial charge in [0.2, 0.25) is 0 Å². The molecule has 0 rings (SSSR count). The number of hydrogen-bond acceptors (Lipinski definition) is 2. The minimum absolute atomic E-state index is 0.322. The second-order valence-corrected chi connectivity index (χ2v) is 6.03. The van der Waals surface area contributed by atoms with Gasteiger partial charge in [-0.05, 0) is 26.2 Å². The molecular weight excluding hydrogens is 248 g/mol. The molecule has 0 aliphatic carbocycles. The maximum absolute atomic E-state index is 11.3. The van der Waals surface area contributed by atoms with Crippen molar-refractivity contribution in [2.24, 2.45) is 0 Å². The largest absolute Gasteiger partial charge is 0.300 e. The summed E-state index contributed by atoms with van der Waals surface area (Å²) in [4.78, 5) is 22.1. The molecule has 0 aromatic carbocycles. The van der Waals surface area contributed by atoms with E-state index in [-0.39, 0.29) is 0 Å². The minimum atomic E-state index is 0.322. The van der Waals surface area contributed by atoms with Gasteiger partial charge in [0.05, 0.1) is 0 Å². The predicted molar refractivity (Wildman–Crippen MR) is 86.0 cm³/mol. The lowest BCUT2D eigenvalue weighted by atomic mass is 10.0. The topological polar surface area (TPSA) is 34.1 Å². The third kappa shape index (κ3) is 15.4. The maximum Gasteiger partial charge on any atom is 0.132 e. The van der Waals surface area contributed by atoms with E-state index in [2.05, 4.69) is 6.92 Å². The van der Waals surface area contributed by atoms with E-state index in [0.29, 0.717) is 11.6 Å². The SMILES string of the molecule is CCCC(=O)CCCCCCCCCCCCC(C)=O. The van der Waals surface area contributed by atoms with Gasteiger partial charge in [-0.2, -0.15) is 0 Å². The molecule has 0 saturated carbocycles. The third-order valence-corrected chi connectivity index (χ3v) is 3.76. The second-order valence-electron chi connectivity index (χ2n) is 6.03. The summed E-state index contributed by atoms with van der Waals surface area (Å²) >= 11 is 0. The van der Waals surface area contributed by atoms with E-state index in [1.165, 1.54) is 51.4 Å². The van der Waals surface area contributed by atoms with Crippen LogP contribution in [0.5, 0.6) is 0 Å². The van der Waals surface area contributed by atoms with E-state index >= 15 is 0 Å². The van der Waals surface area contributed by atoms with Crippen molar-refractivity contribution in [3.05, 3.63) is 0 Å². The Morgan fingerprint density at radius 2 is 1.00 bits per heavy atom. The molecule has 118 valence electrons. The fraction of sp³-hybridized carbons (Fsp3) is 0.889. The molecule has 0 spiro atoms. The van der Waals surface area contributed by atoms with Crippen molar-refractivity contribution in [1.29, 1.82) is 0 Å². The van der Waals surface area contributed by atoms with Crippen LogP contribution >= 0.6 is 0 Å². The van der Waals surface area contributed by atoms with Gasteiger partial charge < -0.3 is 4.79 Å². The summed E-state index contributed by atoms with van der Waals surface area (Å²) in [6.07, 6.45) is 15.7. The zero-order chi connectivity index (χ0) is 15.1. The summed E-state index contributed by atoms with van der Waals surface area (Å²) < 4.78 is 0. The average molecular weight is 282 g/mol. The van der Waals surface area contributed by atoms with Gasteiger partial charge in [0, 0.05) is 19.3 Å². The van der Waals surface area contributed by atoms with Crippen LogP contribution in [0.25, 0.3) is 0 Å². The number of hydrogen-bond donors (Lipinski definition) is 0. The first-order valence-electron chi connectivity index (χ1n) is 8.68. The number of carbonyl (C=O) groups is 2. The normalized spacial score (nSPS) is 10.7. The first-order chi connectivity index (χ1) is 9.66. The zero-order valence-electron chi connectivity index (χ0n) is 13.7. The molecule has 0 atom stereocenters. The number of ketones is 2. The Hall–Kier alpha value is -0.660. The van der Waals surface area contributed by atoms with Crippen LogP contribution in [0, 0.1) is 0 Å². The van der Waals surface area contributed by atoms with Crippen molar-refractivity contribution in [2.75, 3.05) is 0 Å². The number of unbranched alkanes of at least 4 members (excludes halogenated alkanes) is 9.